The molecular weight excluding hydrogens is 299 g/mol. The van der Waals surface area contributed by atoms with Crippen molar-refractivity contribution < 1.29 is 17.9 Å². The van der Waals surface area contributed by atoms with Crippen molar-refractivity contribution in [1.82, 2.24) is 0 Å². The summed E-state index contributed by atoms with van der Waals surface area (Å²) in [5, 5.41) is 0. The predicted octanol–water partition coefficient (Wildman–Crippen LogP) is 3.80. The van der Waals surface area contributed by atoms with E-state index in [0.717, 1.165) is 4.47 Å². The molecule has 6 heteroatoms. The van der Waals surface area contributed by atoms with Gasteiger partial charge in [0.25, 0.3) is 0 Å². The highest BCUT2D eigenvalue weighted by Crippen LogP contribution is 2.28. The Labute approximate surface area is 106 Å². The third-order valence-electron chi connectivity index (χ3n) is 2.11. The molecule has 0 heterocycles. The smallest absolute Gasteiger partial charge is 0.392 e. The Morgan fingerprint density at radius 2 is 2.06 bits per heavy atom. The van der Waals surface area contributed by atoms with Gasteiger partial charge in [-0.2, -0.15) is 13.2 Å². The molecular formula is C11H13BrF3NO. The minimum atomic E-state index is -4.20. The summed E-state index contributed by atoms with van der Waals surface area (Å²) in [4.78, 5) is 0. The lowest BCUT2D eigenvalue weighted by atomic mass is 10.1. The van der Waals surface area contributed by atoms with E-state index in [-0.39, 0.29) is 6.04 Å². The molecule has 0 spiro atoms. The van der Waals surface area contributed by atoms with Crippen LogP contribution in [0.25, 0.3) is 0 Å². The van der Waals surface area contributed by atoms with Gasteiger partial charge < -0.3 is 10.5 Å². The number of hydrogen-bond acceptors (Lipinski definition) is 2. The van der Waals surface area contributed by atoms with Gasteiger partial charge in [0.05, 0.1) is 13.0 Å². The fourth-order valence-electron chi connectivity index (χ4n) is 1.28. The molecule has 0 aliphatic carbocycles. The summed E-state index contributed by atoms with van der Waals surface area (Å²) < 4.78 is 41.8. The van der Waals surface area contributed by atoms with Crippen LogP contribution < -0.4 is 10.5 Å². The van der Waals surface area contributed by atoms with E-state index in [1.807, 2.05) is 0 Å². The number of benzene rings is 1. The average molecular weight is 312 g/mol. The van der Waals surface area contributed by atoms with E-state index >= 15 is 0 Å². The molecule has 2 nitrogen and oxygen atoms in total. The first-order valence-corrected chi connectivity index (χ1v) is 5.83. The quantitative estimate of drug-likeness (QED) is 0.918. The van der Waals surface area contributed by atoms with Crippen LogP contribution in [-0.4, -0.2) is 12.8 Å². The van der Waals surface area contributed by atoms with Crippen molar-refractivity contribution in [2.45, 2.75) is 25.6 Å². The summed E-state index contributed by atoms with van der Waals surface area (Å²) in [5.74, 6) is 0.396. The summed E-state index contributed by atoms with van der Waals surface area (Å²) in [7, 11) is 0. The molecule has 0 saturated carbocycles. The summed E-state index contributed by atoms with van der Waals surface area (Å²) in [5.41, 5.74) is 6.40. The maximum Gasteiger partial charge on any atom is 0.392 e. The summed E-state index contributed by atoms with van der Waals surface area (Å²) in [6, 6.07) is 4.76. The van der Waals surface area contributed by atoms with Gasteiger partial charge in [0.15, 0.2) is 0 Å². The second kappa shape index (κ2) is 5.73. The standard InChI is InChI=1S/C11H13BrF3NO/c1-7(16)9-6-8(12)2-3-10(9)17-5-4-11(13,14)15/h2-3,6-7H,4-5,16H2,1H3. The van der Waals surface area contributed by atoms with Crippen LogP contribution in [0.15, 0.2) is 22.7 Å². The molecule has 1 atom stereocenters. The highest BCUT2D eigenvalue weighted by molar-refractivity contribution is 9.10. The monoisotopic (exact) mass is 311 g/mol. The van der Waals surface area contributed by atoms with Gasteiger partial charge in [-0.25, -0.2) is 0 Å². The molecule has 1 aromatic rings. The molecule has 1 rings (SSSR count). The second-order valence-corrected chi connectivity index (χ2v) is 4.60. The van der Waals surface area contributed by atoms with Gasteiger partial charge in [-0.3, -0.25) is 0 Å². The van der Waals surface area contributed by atoms with Crippen molar-refractivity contribution in [1.29, 1.82) is 0 Å². The second-order valence-electron chi connectivity index (χ2n) is 3.68. The third-order valence-corrected chi connectivity index (χ3v) is 2.60. The molecule has 96 valence electrons. The zero-order valence-corrected chi connectivity index (χ0v) is 10.8. The van der Waals surface area contributed by atoms with E-state index in [2.05, 4.69) is 15.9 Å². The Balaban J connectivity index is 2.70. The van der Waals surface area contributed by atoms with Gasteiger partial charge in [-0.15, -0.1) is 0 Å². The molecule has 1 unspecified atom stereocenters. The van der Waals surface area contributed by atoms with Crippen molar-refractivity contribution in [3.63, 3.8) is 0 Å². The van der Waals surface area contributed by atoms with Crippen LogP contribution in [0, 0.1) is 0 Å². The lowest BCUT2D eigenvalue weighted by Gasteiger charge is -2.15. The minimum Gasteiger partial charge on any atom is -0.493 e. The lowest BCUT2D eigenvalue weighted by Crippen LogP contribution is -2.14. The van der Waals surface area contributed by atoms with E-state index in [1.54, 1.807) is 25.1 Å². The average Bonchev–Trinajstić information content (AvgIpc) is 2.18. The zero-order valence-electron chi connectivity index (χ0n) is 9.22. The van der Waals surface area contributed by atoms with Crippen LogP contribution in [0.4, 0.5) is 13.2 Å². The highest BCUT2D eigenvalue weighted by Gasteiger charge is 2.27. The number of hydrogen-bond donors (Lipinski definition) is 1. The van der Waals surface area contributed by atoms with E-state index in [9.17, 15) is 13.2 Å². The molecule has 0 amide bonds. The van der Waals surface area contributed by atoms with Gasteiger partial charge in [0.1, 0.15) is 5.75 Å². The molecule has 2 N–H and O–H groups in total. The van der Waals surface area contributed by atoms with E-state index in [1.165, 1.54) is 0 Å². The fourth-order valence-corrected chi connectivity index (χ4v) is 1.66. The first kappa shape index (κ1) is 14.3. The van der Waals surface area contributed by atoms with E-state index in [0.29, 0.717) is 11.3 Å². The van der Waals surface area contributed by atoms with Gasteiger partial charge in [0, 0.05) is 16.1 Å². The summed E-state index contributed by atoms with van der Waals surface area (Å²) in [6.45, 7) is 1.35. The number of rotatable bonds is 4. The molecule has 1 aromatic carbocycles. The molecule has 0 radical (unpaired) electrons. The normalized spacial score (nSPS) is 13.5. The Hall–Kier alpha value is -0.750. The molecule has 0 aliphatic rings. The highest BCUT2D eigenvalue weighted by atomic mass is 79.9. The number of nitrogens with two attached hydrogens (primary N) is 1. The molecule has 0 aromatic heterocycles. The van der Waals surface area contributed by atoms with Crippen LogP contribution in [0.1, 0.15) is 24.9 Å². The molecule has 0 saturated heterocycles. The van der Waals surface area contributed by atoms with Crippen LogP contribution in [-0.2, 0) is 0 Å². The Morgan fingerprint density at radius 3 is 2.59 bits per heavy atom. The van der Waals surface area contributed by atoms with Crippen molar-refractivity contribution in [2.75, 3.05) is 6.61 Å². The maximum absolute atomic E-state index is 12.0. The Bertz CT molecular complexity index is 379. The Morgan fingerprint density at radius 1 is 1.41 bits per heavy atom. The van der Waals surface area contributed by atoms with Gasteiger partial charge in [-0.05, 0) is 25.1 Å². The van der Waals surface area contributed by atoms with Gasteiger partial charge in [0.2, 0.25) is 0 Å². The first-order valence-electron chi connectivity index (χ1n) is 5.04. The lowest BCUT2D eigenvalue weighted by molar-refractivity contribution is -0.139. The number of alkyl halides is 3. The fraction of sp³-hybridized carbons (Fsp3) is 0.455. The first-order chi connectivity index (χ1) is 7.79. The van der Waals surface area contributed by atoms with E-state index in [4.69, 9.17) is 10.5 Å². The Kier molecular flexibility index (Phi) is 4.82. The maximum atomic E-state index is 12.0. The van der Waals surface area contributed by atoms with Crippen molar-refractivity contribution in [3.8, 4) is 5.75 Å². The van der Waals surface area contributed by atoms with Crippen molar-refractivity contribution in [3.05, 3.63) is 28.2 Å². The van der Waals surface area contributed by atoms with Gasteiger partial charge >= 0.3 is 6.18 Å². The van der Waals surface area contributed by atoms with Crippen LogP contribution >= 0.6 is 15.9 Å². The third kappa shape index (κ3) is 4.95. The predicted molar refractivity (Wildman–Crippen MR) is 62.9 cm³/mol. The van der Waals surface area contributed by atoms with Crippen LogP contribution in [0.3, 0.4) is 0 Å². The summed E-state index contributed by atoms with van der Waals surface area (Å²) in [6.07, 6.45) is -5.18. The van der Waals surface area contributed by atoms with E-state index < -0.39 is 19.2 Å². The molecule has 17 heavy (non-hydrogen) atoms. The SMILES string of the molecule is CC(N)c1cc(Br)ccc1OCCC(F)(F)F. The topological polar surface area (TPSA) is 35.2 Å². The largest absolute Gasteiger partial charge is 0.493 e. The van der Waals surface area contributed by atoms with Crippen molar-refractivity contribution in [2.24, 2.45) is 5.73 Å². The molecule has 0 aliphatic heterocycles. The van der Waals surface area contributed by atoms with Crippen LogP contribution in [0.2, 0.25) is 0 Å². The van der Waals surface area contributed by atoms with Crippen molar-refractivity contribution >= 4 is 15.9 Å². The number of ether oxygens (including phenoxy) is 1. The number of halogens is 4. The zero-order chi connectivity index (χ0) is 13.1. The van der Waals surface area contributed by atoms with Crippen LogP contribution in [0.5, 0.6) is 5.75 Å². The minimum absolute atomic E-state index is 0.298. The summed E-state index contributed by atoms with van der Waals surface area (Å²) >= 11 is 3.27. The molecule has 0 bridgehead atoms. The van der Waals surface area contributed by atoms with Gasteiger partial charge in [-0.1, -0.05) is 15.9 Å². The molecule has 0 fully saturated rings.